The van der Waals surface area contributed by atoms with Gasteiger partial charge in [0.1, 0.15) is 17.8 Å². The zero-order valence-corrected chi connectivity index (χ0v) is 10.7. The Morgan fingerprint density at radius 2 is 2.17 bits per heavy atom. The van der Waals surface area contributed by atoms with E-state index in [0.717, 1.165) is 18.1 Å². The summed E-state index contributed by atoms with van der Waals surface area (Å²) < 4.78 is 10.3. The Labute approximate surface area is 105 Å². The number of nitrogens with one attached hydrogen (secondary N) is 1. The Morgan fingerprint density at radius 1 is 1.33 bits per heavy atom. The van der Waals surface area contributed by atoms with Crippen LogP contribution in [0.4, 0.5) is 5.82 Å². The molecule has 1 N–H and O–H groups in total. The van der Waals surface area contributed by atoms with Gasteiger partial charge in [0.25, 0.3) is 0 Å². The minimum atomic E-state index is 0.435. The minimum Gasteiger partial charge on any atom is -0.449 e. The molecule has 2 rings (SSSR count). The van der Waals surface area contributed by atoms with E-state index in [2.05, 4.69) is 20.3 Å². The van der Waals surface area contributed by atoms with E-state index in [1.807, 2.05) is 13.0 Å². The quantitative estimate of drug-likeness (QED) is 0.872. The molecule has 0 unspecified atom stereocenters. The van der Waals surface area contributed by atoms with E-state index in [1.165, 1.54) is 0 Å². The predicted octanol–water partition coefficient (Wildman–Crippen LogP) is 2.02. The van der Waals surface area contributed by atoms with Crippen LogP contribution in [0.1, 0.15) is 18.5 Å². The first kappa shape index (κ1) is 12.5. The summed E-state index contributed by atoms with van der Waals surface area (Å²) in [5.41, 5.74) is 1.43. The molecule has 2 aromatic heterocycles. The van der Waals surface area contributed by atoms with Gasteiger partial charge in [-0.1, -0.05) is 0 Å². The van der Waals surface area contributed by atoms with Crippen molar-refractivity contribution in [2.24, 2.45) is 0 Å². The van der Waals surface area contributed by atoms with Gasteiger partial charge in [-0.05, 0) is 6.92 Å². The zero-order chi connectivity index (χ0) is 13.0. The lowest BCUT2D eigenvalue weighted by molar-refractivity contribution is 0.181. The molecule has 0 spiro atoms. The monoisotopic (exact) mass is 248 g/mol. The SMILES string of the molecule is CCNc1cc(COC)nc(-c2coc(C)n2)n1. The molecular weight excluding hydrogens is 232 g/mol. The maximum Gasteiger partial charge on any atom is 0.191 e. The first-order valence-corrected chi connectivity index (χ1v) is 5.76. The standard InChI is InChI=1S/C12H16N4O2/c1-4-13-11-5-9(6-17-3)15-12(16-11)10-7-18-8(2)14-10/h5,7H,4,6H2,1-3H3,(H,13,15,16). The molecule has 96 valence electrons. The molecule has 0 aliphatic carbocycles. The molecule has 0 aliphatic heterocycles. The number of aromatic nitrogens is 3. The minimum absolute atomic E-state index is 0.435. The summed E-state index contributed by atoms with van der Waals surface area (Å²) in [6.45, 7) is 5.03. The van der Waals surface area contributed by atoms with E-state index < -0.39 is 0 Å². The van der Waals surface area contributed by atoms with Gasteiger partial charge in [-0.2, -0.15) is 0 Å². The summed E-state index contributed by atoms with van der Waals surface area (Å²) in [6, 6.07) is 1.86. The Bertz CT molecular complexity index is 500. The lowest BCUT2D eigenvalue weighted by Gasteiger charge is -2.06. The summed E-state index contributed by atoms with van der Waals surface area (Å²) >= 11 is 0. The number of hydrogen-bond donors (Lipinski definition) is 1. The second-order valence-electron chi connectivity index (χ2n) is 3.78. The average molecular weight is 248 g/mol. The van der Waals surface area contributed by atoms with Crippen LogP contribution in [0, 0.1) is 6.92 Å². The first-order chi connectivity index (χ1) is 8.72. The van der Waals surface area contributed by atoms with Gasteiger partial charge in [0.2, 0.25) is 0 Å². The normalized spacial score (nSPS) is 10.6. The second kappa shape index (κ2) is 5.59. The number of aryl methyl sites for hydroxylation is 1. The molecule has 0 atom stereocenters. The van der Waals surface area contributed by atoms with Crippen molar-refractivity contribution in [2.45, 2.75) is 20.5 Å². The van der Waals surface area contributed by atoms with E-state index in [9.17, 15) is 0 Å². The summed E-state index contributed by atoms with van der Waals surface area (Å²) in [5.74, 6) is 1.89. The van der Waals surface area contributed by atoms with Crippen LogP contribution in [0.5, 0.6) is 0 Å². The molecule has 0 aromatic carbocycles. The van der Waals surface area contributed by atoms with Crippen molar-refractivity contribution in [3.8, 4) is 11.5 Å². The van der Waals surface area contributed by atoms with Gasteiger partial charge in [-0.15, -0.1) is 0 Å². The van der Waals surface area contributed by atoms with Crippen LogP contribution in [0.3, 0.4) is 0 Å². The molecule has 0 saturated heterocycles. The van der Waals surface area contributed by atoms with Gasteiger partial charge in [0, 0.05) is 26.6 Å². The molecule has 0 aliphatic rings. The Morgan fingerprint density at radius 3 is 2.78 bits per heavy atom. The van der Waals surface area contributed by atoms with Crippen LogP contribution in [0.2, 0.25) is 0 Å². The largest absolute Gasteiger partial charge is 0.449 e. The van der Waals surface area contributed by atoms with E-state index in [0.29, 0.717) is 24.0 Å². The van der Waals surface area contributed by atoms with Crippen molar-refractivity contribution >= 4 is 5.82 Å². The Kier molecular flexibility index (Phi) is 3.88. The van der Waals surface area contributed by atoms with Crippen LogP contribution in [-0.4, -0.2) is 28.6 Å². The summed E-state index contributed by atoms with van der Waals surface area (Å²) in [4.78, 5) is 13.0. The third-order valence-electron chi connectivity index (χ3n) is 2.28. The zero-order valence-electron chi connectivity index (χ0n) is 10.7. The molecule has 2 heterocycles. The average Bonchev–Trinajstić information content (AvgIpc) is 2.76. The molecule has 2 aromatic rings. The third kappa shape index (κ3) is 2.84. The maximum absolute atomic E-state index is 5.18. The van der Waals surface area contributed by atoms with Crippen LogP contribution < -0.4 is 5.32 Å². The highest BCUT2D eigenvalue weighted by molar-refractivity contribution is 5.51. The van der Waals surface area contributed by atoms with Crippen LogP contribution >= 0.6 is 0 Å². The smallest absolute Gasteiger partial charge is 0.191 e. The van der Waals surface area contributed by atoms with Gasteiger partial charge >= 0.3 is 0 Å². The molecule has 0 bridgehead atoms. The molecule has 0 fully saturated rings. The highest BCUT2D eigenvalue weighted by Crippen LogP contribution is 2.17. The maximum atomic E-state index is 5.18. The van der Waals surface area contributed by atoms with Crippen LogP contribution in [0.25, 0.3) is 11.5 Å². The number of hydrogen-bond acceptors (Lipinski definition) is 6. The number of anilines is 1. The lowest BCUT2D eigenvalue weighted by Crippen LogP contribution is -2.04. The van der Waals surface area contributed by atoms with Gasteiger partial charge in [-0.25, -0.2) is 15.0 Å². The molecule has 6 heteroatoms. The topological polar surface area (TPSA) is 73.1 Å². The van der Waals surface area contributed by atoms with Crippen molar-refractivity contribution < 1.29 is 9.15 Å². The van der Waals surface area contributed by atoms with Crippen LogP contribution in [-0.2, 0) is 11.3 Å². The second-order valence-corrected chi connectivity index (χ2v) is 3.78. The fraction of sp³-hybridized carbons (Fsp3) is 0.417. The molecular formula is C12H16N4O2. The molecule has 0 saturated carbocycles. The number of methoxy groups -OCH3 is 1. The number of ether oxygens (including phenoxy) is 1. The lowest BCUT2D eigenvalue weighted by atomic mass is 10.3. The van der Waals surface area contributed by atoms with E-state index in [1.54, 1.807) is 20.3 Å². The van der Waals surface area contributed by atoms with Crippen molar-refractivity contribution in [3.05, 3.63) is 23.9 Å². The van der Waals surface area contributed by atoms with Crippen molar-refractivity contribution in [2.75, 3.05) is 19.0 Å². The number of rotatable bonds is 5. The van der Waals surface area contributed by atoms with Gasteiger partial charge in [0.15, 0.2) is 11.7 Å². The van der Waals surface area contributed by atoms with E-state index in [-0.39, 0.29) is 0 Å². The highest BCUT2D eigenvalue weighted by Gasteiger charge is 2.10. The molecule has 18 heavy (non-hydrogen) atoms. The Hall–Kier alpha value is -1.95. The van der Waals surface area contributed by atoms with Gasteiger partial charge in [-0.3, -0.25) is 0 Å². The molecule has 0 radical (unpaired) electrons. The van der Waals surface area contributed by atoms with E-state index >= 15 is 0 Å². The van der Waals surface area contributed by atoms with Gasteiger partial charge < -0.3 is 14.5 Å². The van der Waals surface area contributed by atoms with Gasteiger partial charge in [0.05, 0.1) is 12.3 Å². The fourth-order valence-corrected chi connectivity index (χ4v) is 1.57. The summed E-state index contributed by atoms with van der Waals surface area (Å²) in [7, 11) is 1.63. The summed E-state index contributed by atoms with van der Waals surface area (Å²) in [6.07, 6.45) is 1.55. The molecule has 0 amide bonds. The first-order valence-electron chi connectivity index (χ1n) is 5.76. The summed E-state index contributed by atoms with van der Waals surface area (Å²) in [5, 5.41) is 3.16. The van der Waals surface area contributed by atoms with Crippen molar-refractivity contribution in [1.82, 2.24) is 15.0 Å². The van der Waals surface area contributed by atoms with Crippen molar-refractivity contribution in [1.29, 1.82) is 0 Å². The van der Waals surface area contributed by atoms with E-state index in [4.69, 9.17) is 9.15 Å². The third-order valence-corrected chi connectivity index (χ3v) is 2.28. The Balaban J connectivity index is 2.39. The number of oxazole rings is 1. The molecule has 6 nitrogen and oxygen atoms in total. The number of nitrogens with zero attached hydrogens (tertiary/aromatic N) is 3. The highest BCUT2D eigenvalue weighted by atomic mass is 16.5. The fourth-order valence-electron chi connectivity index (χ4n) is 1.57. The van der Waals surface area contributed by atoms with Crippen molar-refractivity contribution in [3.63, 3.8) is 0 Å². The van der Waals surface area contributed by atoms with Crippen LogP contribution in [0.15, 0.2) is 16.7 Å². The predicted molar refractivity (Wildman–Crippen MR) is 67.1 cm³/mol.